The van der Waals surface area contributed by atoms with Crippen LogP contribution < -0.4 is 15.8 Å². The molecule has 2 atom stereocenters. The number of anilines is 2. The van der Waals surface area contributed by atoms with Crippen LogP contribution in [0.1, 0.15) is 40.6 Å². The fourth-order valence-corrected chi connectivity index (χ4v) is 4.83. The number of nitrogens with one attached hydrogen (secondary N) is 1. The molecule has 0 aliphatic heterocycles. The molecule has 4 aromatic rings. The summed E-state index contributed by atoms with van der Waals surface area (Å²) in [7, 11) is 3.33. The van der Waals surface area contributed by atoms with E-state index in [4.69, 9.17) is 22.1 Å². The van der Waals surface area contributed by atoms with E-state index in [1.54, 1.807) is 31.2 Å². The van der Waals surface area contributed by atoms with Gasteiger partial charge in [0.05, 0.1) is 18.5 Å². The van der Waals surface area contributed by atoms with Gasteiger partial charge >= 0.3 is 0 Å². The van der Waals surface area contributed by atoms with E-state index < -0.39 is 17.6 Å². The van der Waals surface area contributed by atoms with Gasteiger partial charge in [-0.1, -0.05) is 23.7 Å². The maximum Gasteiger partial charge on any atom is 0.222 e. The molecule has 7 nitrogen and oxygen atoms in total. The van der Waals surface area contributed by atoms with Crippen LogP contribution in [-0.4, -0.2) is 33.7 Å². The van der Waals surface area contributed by atoms with Gasteiger partial charge in [-0.05, 0) is 35.7 Å². The molecular formula is C24H21ClF2N6O. The molecule has 0 amide bonds. The first kappa shape index (κ1) is 22.1. The molecule has 0 saturated carbocycles. The maximum atomic E-state index is 14.8. The number of halogens is 3. The summed E-state index contributed by atoms with van der Waals surface area (Å²) in [5.41, 5.74) is 9.48. The Bertz CT molecular complexity index is 1390. The minimum Gasteiger partial charge on any atom is -0.495 e. The summed E-state index contributed by atoms with van der Waals surface area (Å²) in [6.07, 6.45) is 3.80. The van der Waals surface area contributed by atoms with Gasteiger partial charge in [0.1, 0.15) is 34.7 Å². The number of hydrogen-bond acceptors (Lipinski definition) is 6. The highest BCUT2D eigenvalue weighted by atomic mass is 35.5. The fraction of sp³-hybridized carbons (Fsp3) is 0.208. The second kappa shape index (κ2) is 8.57. The van der Waals surface area contributed by atoms with Crippen LogP contribution >= 0.6 is 11.6 Å². The zero-order valence-electron chi connectivity index (χ0n) is 18.4. The third kappa shape index (κ3) is 3.71. The molecule has 0 spiro atoms. The predicted molar refractivity (Wildman–Crippen MR) is 126 cm³/mol. The average Bonchev–Trinajstić information content (AvgIpc) is 3.42. The van der Waals surface area contributed by atoms with Crippen LogP contribution in [0.2, 0.25) is 5.15 Å². The third-order valence-corrected chi connectivity index (χ3v) is 6.35. The molecule has 0 saturated heterocycles. The number of ether oxygens (including phenoxy) is 1. The minimum atomic E-state index is -0.630. The Kier molecular flexibility index (Phi) is 5.57. The minimum absolute atomic E-state index is 0.0844. The van der Waals surface area contributed by atoms with Crippen molar-refractivity contribution in [2.75, 3.05) is 25.2 Å². The van der Waals surface area contributed by atoms with E-state index in [0.717, 1.165) is 22.9 Å². The molecule has 0 radical (unpaired) electrons. The van der Waals surface area contributed by atoms with Crippen molar-refractivity contribution in [3.63, 3.8) is 0 Å². The molecular weight excluding hydrogens is 462 g/mol. The molecule has 2 aromatic heterocycles. The number of benzene rings is 2. The molecule has 2 heterocycles. The van der Waals surface area contributed by atoms with Crippen LogP contribution in [0.3, 0.4) is 0 Å². The Morgan fingerprint density at radius 3 is 2.65 bits per heavy atom. The Morgan fingerprint density at radius 1 is 1.15 bits per heavy atom. The van der Waals surface area contributed by atoms with Crippen LogP contribution in [0, 0.1) is 11.6 Å². The summed E-state index contributed by atoms with van der Waals surface area (Å²) in [5.74, 6) is -0.577. The third-order valence-electron chi connectivity index (χ3n) is 6.15. The lowest BCUT2D eigenvalue weighted by molar-refractivity contribution is 0.412. The monoisotopic (exact) mass is 482 g/mol. The molecule has 3 N–H and O–H groups in total. The number of fused-ring (bicyclic) bond motifs is 1. The number of methoxy groups -OCH3 is 1. The molecule has 2 unspecified atom stereocenters. The first-order chi connectivity index (χ1) is 16.4. The molecule has 1 aliphatic carbocycles. The molecule has 10 heteroatoms. The summed E-state index contributed by atoms with van der Waals surface area (Å²) < 4.78 is 35.8. The number of nitrogens with two attached hydrogens (primary N) is 1. The number of nitrogens with zero attached hydrogens (tertiary/aromatic N) is 4. The smallest absolute Gasteiger partial charge is 0.222 e. The van der Waals surface area contributed by atoms with E-state index in [0.29, 0.717) is 34.4 Å². The highest BCUT2D eigenvalue weighted by Gasteiger charge is 2.39. The summed E-state index contributed by atoms with van der Waals surface area (Å²) >= 11 is 5.98. The highest BCUT2D eigenvalue weighted by Crippen LogP contribution is 2.51. The lowest BCUT2D eigenvalue weighted by atomic mass is 9.90. The van der Waals surface area contributed by atoms with Gasteiger partial charge in [-0.2, -0.15) is 4.98 Å². The SMILES string of the molecule is CNc1nc(N)nc2c1C(c1ccc(-n3cnc(Cl)c3)c(OC)c1)CC2c1ccc(F)cc1F. The molecule has 1 aliphatic rings. The second-order valence-electron chi connectivity index (χ2n) is 8.02. The Hall–Kier alpha value is -3.72. The van der Waals surface area contributed by atoms with E-state index in [2.05, 4.69) is 20.3 Å². The quantitative estimate of drug-likeness (QED) is 0.420. The Balaban J connectivity index is 1.64. The molecule has 34 heavy (non-hydrogen) atoms. The molecule has 0 fully saturated rings. The van der Waals surface area contributed by atoms with E-state index in [-0.39, 0.29) is 11.9 Å². The van der Waals surface area contributed by atoms with Crippen molar-refractivity contribution < 1.29 is 13.5 Å². The largest absolute Gasteiger partial charge is 0.495 e. The Labute approximate surface area is 199 Å². The van der Waals surface area contributed by atoms with Crippen LogP contribution in [0.25, 0.3) is 5.69 Å². The number of hydrogen-bond donors (Lipinski definition) is 2. The van der Waals surface area contributed by atoms with Crippen molar-refractivity contribution in [2.45, 2.75) is 18.3 Å². The average molecular weight is 483 g/mol. The summed E-state index contributed by atoms with van der Waals surface area (Å²) in [6, 6.07) is 9.42. The zero-order chi connectivity index (χ0) is 24.0. The van der Waals surface area contributed by atoms with Gasteiger partial charge in [0.2, 0.25) is 5.95 Å². The van der Waals surface area contributed by atoms with Gasteiger partial charge in [0, 0.05) is 36.7 Å². The van der Waals surface area contributed by atoms with Crippen molar-refractivity contribution in [3.05, 3.63) is 88.1 Å². The molecule has 174 valence electrons. The molecule has 0 bridgehead atoms. The summed E-state index contributed by atoms with van der Waals surface area (Å²) in [4.78, 5) is 12.9. The molecule has 5 rings (SSSR count). The highest BCUT2D eigenvalue weighted by molar-refractivity contribution is 6.29. The van der Waals surface area contributed by atoms with Crippen LogP contribution in [-0.2, 0) is 0 Å². The van der Waals surface area contributed by atoms with Crippen molar-refractivity contribution in [1.82, 2.24) is 19.5 Å². The first-order valence-electron chi connectivity index (χ1n) is 10.6. The van der Waals surface area contributed by atoms with Gasteiger partial charge < -0.3 is 20.4 Å². The van der Waals surface area contributed by atoms with Gasteiger partial charge in [0.25, 0.3) is 0 Å². The molecule has 2 aromatic carbocycles. The first-order valence-corrected chi connectivity index (χ1v) is 10.9. The summed E-state index contributed by atoms with van der Waals surface area (Å²) in [6.45, 7) is 0. The number of aromatic nitrogens is 4. The van der Waals surface area contributed by atoms with Crippen LogP contribution in [0.4, 0.5) is 20.5 Å². The van der Waals surface area contributed by atoms with Crippen molar-refractivity contribution in [3.8, 4) is 11.4 Å². The topological polar surface area (TPSA) is 90.9 Å². The van der Waals surface area contributed by atoms with E-state index >= 15 is 0 Å². The van der Waals surface area contributed by atoms with Gasteiger partial charge in [-0.15, -0.1) is 0 Å². The van der Waals surface area contributed by atoms with Crippen molar-refractivity contribution in [2.24, 2.45) is 0 Å². The number of rotatable bonds is 5. The van der Waals surface area contributed by atoms with E-state index in [1.807, 2.05) is 18.2 Å². The van der Waals surface area contributed by atoms with E-state index in [9.17, 15) is 8.78 Å². The van der Waals surface area contributed by atoms with E-state index in [1.165, 1.54) is 12.1 Å². The van der Waals surface area contributed by atoms with Crippen molar-refractivity contribution in [1.29, 1.82) is 0 Å². The number of nitrogen functional groups attached to an aromatic ring is 1. The van der Waals surface area contributed by atoms with Crippen molar-refractivity contribution >= 4 is 23.4 Å². The van der Waals surface area contributed by atoms with Crippen LogP contribution in [0.5, 0.6) is 5.75 Å². The second-order valence-corrected chi connectivity index (χ2v) is 8.41. The maximum absolute atomic E-state index is 14.8. The lowest BCUT2D eigenvalue weighted by Gasteiger charge is -2.18. The standard InChI is InChI=1S/C24H21ClF2N6O/c1-29-23-21-15(12-3-6-18(19(7-12)34-2)33-10-20(25)30-11-33)9-16(22(21)31-24(28)32-23)14-5-4-13(26)8-17(14)27/h3-8,10-11,15-16H,9H2,1-2H3,(H3,28,29,31,32). The summed E-state index contributed by atoms with van der Waals surface area (Å²) in [5, 5.41) is 3.46. The fourth-order valence-electron chi connectivity index (χ4n) is 4.69. The number of imidazole rings is 1. The predicted octanol–water partition coefficient (Wildman–Crippen LogP) is 4.89. The zero-order valence-corrected chi connectivity index (χ0v) is 19.1. The lowest BCUT2D eigenvalue weighted by Crippen LogP contribution is -2.09. The van der Waals surface area contributed by atoms with Gasteiger partial charge in [0.15, 0.2) is 0 Å². The van der Waals surface area contributed by atoms with Crippen LogP contribution in [0.15, 0.2) is 48.9 Å². The van der Waals surface area contributed by atoms with Gasteiger partial charge in [-0.3, -0.25) is 0 Å². The normalized spacial score (nSPS) is 17.0. The van der Waals surface area contributed by atoms with Gasteiger partial charge in [-0.25, -0.2) is 18.7 Å². The Morgan fingerprint density at radius 2 is 1.97 bits per heavy atom.